The summed E-state index contributed by atoms with van der Waals surface area (Å²) in [7, 11) is 0. The highest BCUT2D eigenvalue weighted by Gasteiger charge is 2.46. The first-order valence-electron chi connectivity index (χ1n) is 11.2. The maximum Gasteiger partial charge on any atom is 0.317 e. The molecule has 1 aliphatic carbocycles. The summed E-state index contributed by atoms with van der Waals surface area (Å²) >= 11 is 0. The summed E-state index contributed by atoms with van der Waals surface area (Å²) in [6.45, 7) is 0. The summed E-state index contributed by atoms with van der Waals surface area (Å²) in [4.78, 5) is 30.5. The Bertz CT molecular complexity index is 1300. The van der Waals surface area contributed by atoms with E-state index in [2.05, 4.69) is 4.98 Å². The van der Waals surface area contributed by atoms with Crippen LogP contribution in [0.1, 0.15) is 53.3 Å². The molecule has 1 atom stereocenters. The summed E-state index contributed by atoms with van der Waals surface area (Å²) in [5.41, 5.74) is 1.57. The van der Waals surface area contributed by atoms with Gasteiger partial charge >= 0.3 is 5.97 Å². The minimum Gasteiger partial charge on any atom is -0.448 e. The maximum absolute atomic E-state index is 14.0. The van der Waals surface area contributed by atoms with Crippen molar-refractivity contribution in [2.45, 2.75) is 37.2 Å². The zero-order valence-electron chi connectivity index (χ0n) is 18.1. The molecule has 0 saturated heterocycles. The molecule has 5 rings (SSSR count). The van der Waals surface area contributed by atoms with Crippen LogP contribution >= 0.6 is 0 Å². The second-order valence-electron chi connectivity index (χ2n) is 8.61. The molecule has 0 amide bonds. The highest BCUT2D eigenvalue weighted by Crippen LogP contribution is 2.43. The van der Waals surface area contributed by atoms with Gasteiger partial charge in [0.25, 0.3) is 0 Å². The van der Waals surface area contributed by atoms with Crippen molar-refractivity contribution in [1.29, 1.82) is 0 Å². The van der Waals surface area contributed by atoms with E-state index in [1.54, 1.807) is 30.5 Å². The van der Waals surface area contributed by atoms with Gasteiger partial charge in [-0.2, -0.15) is 0 Å². The number of H-pyrrole nitrogens is 1. The Balaban J connectivity index is 1.54. The van der Waals surface area contributed by atoms with Crippen LogP contribution in [-0.4, -0.2) is 16.7 Å². The van der Waals surface area contributed by atoms with Gasteiger partial charge in [-0.25, -0.2) is 4.39 Å². The minimum atomic E-state index is -1.09. The number of aromatic nitrogens is 1. The second-order valence-corrected chi connectivity index (χ2v) is 8.61. The molecule has 1 heterocycles. The Morgan fingerprint density at radius 1 is 0.909 bits per heavy atom. The predicted molar refractivity (Wildman–Crippen MR) is 124 cm³/mol. The Morgan fingerprint density at radius 2 is 1.64 bits per heavy atom. The summed E-state index contributed by atoms with van der Waals surface area (Å²) < 4.78 is 20.1. The Morgan fingerprint density at radius 3 is 2.39 bits per heavy atom. The van der Waals surface area contributed by atoms with Crippen molar-refractivity contribution in [3.63, 3.8) is 0 Å². The van der Waals surface area contributed by atoms with Gasteiger partial charge in [-0.1, -0.05) is 73.5 Å². The van der Waals surface area contributed by atoms with E-state index < -0.39 is 17.5 Å². The number of ketones is 1. The zero-order valence-corrected chi connectivity index (χ0v) is 18.1. The van der Waals surface area contributed by atoms with Crippen LogP contribution in [0, 0.1) is 5.82 Å². The van der Waals surface area contributed by atoms with E-state index in [1.807, 2.05) is 42.5 Å². The average Bonchev–Trinajstić information content (AvgIpc) is 3.51. The summed E-state index contributed by atoms with van der Waals surface area (Å²) in [5, 5.41) is 0.778. The summed E-state index contributed by atoms with van der Waals surface area (Å²) in [6.07, 6.45) is 3.39. The molecule has 4 aromatic rings. The van der Waals surface area contributed by atoms with E-state index >= 15 is 0 Å². The lowest BCUT2D eigenvalue weighted by Gasteiger charge is -2.29. The van der Waals surface area contributed by atoms with Crippen molar-refractivity contribution in [3.8, 4) is 0 Å². The molecule has 0 bridgehead atoms. The van der Waals surface area contributed by atoms with Gasteiger partial charge in [0.1, 0.15) is 5.82 Å². The highest BCUT2D eigenvalue weighted by atomic mass is 19.1. The number of esters is 1. The number of Topliss-reactive ketones (excluding diaryl/α,β-unsaturated/α-hetero) is 1. The largest absolute Gasteiger partial charge is 0.448 e. The number of hydrogen-bond donors (Lipinski definition) is 1. The number of ether oxygens (including phenoxy) is 1. The predicted octanol–water partition coefficient (Wildman–Crippen LogP) is 6.29. The normalized spacial score (nSPS) is 15.9. The molecule has 0 spiro atoms. The van der Waals surface area contributed by atoms with Gasteiger partial charge in [-0.05, 0) is 36.6 Å². The number of fused-ring (bicyclic) bond motifs is 1. The molecule has 3 aromatic carbocycles. The number of hydrogen-bond acceptors (Lipinski definition) is 3. The third kappa shape index (κ3) is 3.84. The fourth-order valence-electron chi connectivity index (χ4n) is 4.91. The molecular weight excluding hydrogens is 417 g/mol. The first-order valence-corrected chi connectivity index (χ1v) is 11.2. The third-order valence-electron chi connectivity index (χ3n) is 6.65. The fourth-order valence-corrected chi connectivity index (χ4v) is 4.91. The SMILES string of the molecule is O=C(c1c[nH]c2ccccc12)[C@H](OC(=O)C1(c2cccc(F)c2)CCCC1)c1ccccc1. The number of carbonyl (C=O) groups is 2. The van der Waals surface area contributed by atoms with Gasteiger partial charge in [0.05, 0.1) is 5.41 Å². The average molecular weight is 442 g/mol. The second kappa shape index (κ2) is 8.66. The molecule has 1 aromatic heterocycles. The van der Waals surface area contributed by atoms with E-state index in [1.165, 1.54) is 12.1 Å². The Labute approximate surface area is 191 Å². The number of aromatic amines is 1. The maximum atomic E-state index is 14.0. The van der Waals surface area contributed by atoms with Crippen LogP contribution in [0.5, 0.6) is 0 Å². The van der Waals surface area contributed by atoms with E-state index in [4.69, 9.17) is 4.74 Å². The van der Waals surface area contributed by atoms with Crippen LogP contribution in [0.15, 0.2) is 85.1 Å². The molecule has 33 heavy (non-hydrogen) atoms. The van der Waals surface area contributed by atoms with Gasteiger partial charge in [-0.15, -0.1) is 0 Å². The highest BCUT2D eigenvalue weighted by molar-refractivity contribution is 6.10. The Hall–Kier alpha value is -3.73. The van der Waals surface area contributed by atoms with Crippen LogP contribution in [0.25, 0.3) is 10.9 Å². The number of nitrogens with one attached hydrogen (secondary N) is 1. The van der Waals surface area contributed by atoms with E-state index in [0.717, 1.165) is 23.7 Å². The first-order chi connectivity index (χ1) is 16.1. The molecule has 0 radical (unpaired) electrons. The quantitative estimate of drug-likeness (QED) is 0.283. The van der Waals surface area contributed by atoms with Gasteiger partial charge in [0.15, 0.2) is 6.10 Å². The molecule has 5 heteroatoms. The van der Waals surface area contributed by atoms with Gasteiger partial charge < -0.3 is 9.72 Å². The Kier molecular flexibility index (Phi) is 5.55. The van der Waals surface area contributed by atoms with Crippen molar-refractivity contribution >= 4 is 22.7 Å². The number of rotatable bonds is 6. The lowest BCUT2D eigenvalue weighted by molar-refractivity contribution is -0.154. The van der Waals surface area contributed by atoms with Gasteiger partial charge in [0, 0.05) is 28.2 Å². The summed E-state index contributed by atoms with van der Waals surface area (Å²) in [6, 6.07) is 22.7. The van der Waals surface area contributed by atoms with E-state index in [-0.39, 0.29) is 11.6 Å². The summed E-state index contributed by atoms with van der Waals surface area (Å²) in [5.74, 6) is -1.16. The molecule has 1 aliphatic rings. The van der Waals surface area contributed by atoms with Crippen molar-refractivity contribution < 1.29 is 18.7 Å². The molecule has 4 nitrogen and oxygen atoms in total. The smallest absolute Gasteiger partial charge is 0.317 e. The minimum absolute atomic E-state index is 0.292. The molecule has 1 N–H and O–H groups in total. The van der Waals surface area contributed by atoms with Crippen molar-refractivity contribution in [1.82, 2.24) is 4.98 Å². The van der Waals surface area contributed by atoms with Crippen molar-refractivity contribution in [3.05, 3.63) is 108 Å². The van der Waals surface area contributed by atoms with Crippen LogP contribution in [-0.2, 0) is 14.9 Å². The third-order valence-corrected chi connectivity index (χ3v) is 6.65. The zero-order chi connectivity index (χ0) is 22.8. The lowest BCUT2D eigenvalue weighted by atomic mass is 9.78. The number of benzene rings is 3. The molecule has 1 fully saturated rings. The topological polar surface area (TPSA) is 59.2 Å². The standard InChI is InChI=1S/C28H24FNO3/c29-21-12-8-11-20(17-21)28(15-6-7-16-28)27(32)33-26(19-9-2-1-3-10-19)25(31)23-18-30-24-14-5-4-13-22(23)24/h1-5,8-14,17-18,26,30H,6-7,15-16H2/t26-/m1/s1. The van der Waals surface area contributed by atoms with Gasteiger partial charge in [-0.3, -0.25) is 9.59 Å². The van der Waals surface area contributed by atoms with Crippen LogP contribution in [0.3, 0.4) is 0 Å². The van der Waals surface area contributed by atoms with Gasteiger partial charge in [0.2, 0.25) is 5.78 Å². The van der Waals surface area contributed by atoms with Crippen LogP contribution < -0.4 is 0 Å². The molecule has 166 valence electrons. The lowest BCUT2D eigenvalue weighted by Crippen LogP contribution is -2.37. The first kappa shape index (κ1) is 21.1. The van der Waals surface area contributed by atoms with Crippen molar-refractivity contribution in [2.75, 3.05) is 0 Å². The number of para-hydroxylation sites is 1. The van der Waals surface area contributed by atoms with Crippen LogP contribution in [0.2, 0.25) is 0 Å². The van der Waals surface area contributed by atoms with Crippen molar-refractivity contribution in [2.24, 2.45) is 0 Å². The number of carbonyl (C=O) groups excluding carboxylic acids is 2. The molecule has 0 aliphatic heterocycles. The van der Waals surface area contributed by atoms with E-state index in [9.17, 15) is 14.0 Å². The molecule has 0 unspecified atom stereocenters. The monoisotopic (exact) mass is 441 g/mol. The van der Waals surface area contributed by atoms with Crippen LogP contribution in [0.4, 0.5) is 4.39 Å². The number of halogens is 1. The molecular formula is C28H24FNO3. The molecule has 1 saturated carbocycles. The fraction of sp³-hybridized carbons (Fsp3) is 0.214. The van der Waals surface area contributed by atoms with E-state index in [0.29, 0.717) is 29.5 Å².